The molecule has 130 valence electrons. The minimum atomic E-state index is -0.435. The Morgan fingerprint density at radius 2 is 2.24 bits per heavy atom. The van der Waals surface area contributed by atoms with Gasteiger partial charge in [-0.3, -0.25) is 9.88 Å². The summed E-state index contributed by atoms with van der Waals surface area (Å²) in [6.45, 7) is 5.33. The predicted octanol–water partition coefficient (Wildman–Crippen LogP) is 2.48. The van der Waals surface area contributed by atoms with Crippen LogP contribution >= 0.6 is 16.1 Å². The van der Waals surface area contributed by atoms with Gasteiger partial charge < -0.3 is 9.64 Å². The van der Waals surface area contributed by atoms with Gasteiger partial charge in [0.15, 0.2) is 5.66 Å². The van der Waals surface area contributed by atoms with Crippen LogP contribution in [0.3, 0.4) is 0 Å². The second-order valence-electron chi connectivity index (χ2n) is 6.87. The van der Waals surface area contributed by atoms with Crippen LogP contribution in [0, 0.1) is 6.92 Å². The van der Waals surface area contributed by atoms with Gasteiger partial charge in [0.2, 0.25) is 0 Å². The summed E-state index contributed by atoms with van der Waals surface area (Å²) >= 11 is 3.63. The first-order valence-electron chi connectivity index (χ1n) is 8.54. The zero-order valence-corrected chi connectivity index (χ0v) is 15.6. The summed E-state index contributed by atoms with van der Waals surface area (Å²) in [6, 6.07) is 12.7. The first kappa shape index (κ1) is 15.7. The van der Waals surface area contributed by atoms with Crippen LogP contribution in [0.4, 0.5) is 5.69 Å². The number of nitrogens with zero attached hydrogens (tertiary/aromatic N) is 4. The van der Waals surface area contributed by atoms with Crippen molar-refractivity contribution in [3.05, 3.63) is 59.4 Å². The van der Waals surface area contributed by atoms with Gasteiger partial charge in [-0.05, 0) is 30.7 Å². The van der Waals surface area contributed by atoms with Crippen molar-refractivity contribution in [3.63, 3.8) is 0 Å². The number of anilines is 1. The minimum absolute atomic E-state index is 0.00682. The average Bonchev–Trinajstić information content (AvgIpc) is 3.18. The molecule has 1 N–H and O–H groups in total. The third-order valence-corrected chi connectivity index (χ3v) is 5.68. The Hall–Kier alpha value is -1.51. The van der Waals surface area contributed by atoms with Crippen molar-refractivity contribution in [2.45, 2.75) is 18.8 Å². The third-order valence-electron chi connectivity index (χ3n) is 5.28. The summed E-state index contributed by atoms with van der Waals surface area (Å²) in [4.78, 5) is 9.50. The summed E-state index contributed by atoms with van der Waals surface area (Å²) < 4.78 is 8.07. The number of hydrogen-bond acceptors (Lipinski definition) is 6. The molecule has 0 radical (unpaired) electrons. The molecule has 5 rings (SSSR count). The Balaban J connectivity index is 1.75. The van der Waals surface area contributed by atoms with E-state index in [-0.39, 0.29) is 6.23 Å². The number of ether oxygens (including phenoxy) is 1. The van der Waals surface area contributed by atoms with Crippen molar-refractivity contribution in [2.24, 2.45) is 0 Å². The highest BCUT2D eigenvalue weighted by Gasteiger charge is 2.52. The largest absolute Gasteiger partial charge is 0.357 e. The molecule has 0 aliphatic carbocycles. The van der Waals surface area contributed by atoms with E-state index in [1.54, 1.807) is 0 Å². The lowest BCUT2D eigenvalue weighted by Gasteiger charge is -2.38. The fourth-order valence-electron chi connectivity index (χ4n) is 4.17. The van der Waals surface area contributed by atoms with Crippen molar-refractivity contribution in [3.8, 4) is 0 Å². The maximum Gasteiger partial charge on any atom is 0.162 e. The highest BCUT2D eigenvalue weighted by Crippen LogP contribution is 2.46. The van der Waals surface area contributed by atoms with E-state index in [0.717, 1.165) is 25.4 Å². The van der Waals surface area contributed by atoms with Crippen molar-refractivity contribution in [2.75, 3.05) is 31.3 Å². The molecule has 1 aromatic carbocycles. The molecule has 6 nitrogen and oxygen atoms in total. The standard InChI is InChI=1S/C18H20BrN5O/c1-13-5-6-14-15(10-13)23-12-24(19)21-18(23,16-4-2-3-7-20-16)11-22-8-9-25-17(14)22/h2-7,10,17,21H,8-9,11-12H2,1H3. The summed E-state index contributed by atoms with van der Waals surface area (Å²) in [5.41, 5.74) is 7.87. The van der Waals surface area contributed by atoms with Gasteiger partial charge in [-0.15, -0.1) is 0 Å². The molecule has 4 heterocycles. The molecule has 0 bridgehead atoms. The molecule has 2 aromatic rings. The molecule has 2 unspecified atom stereocenters. The molecule has 3 aliphatic rings. The number of hydrogen-bond donors (Lipinski definition) is 1. The molecule has 0 spiro atoms. The monoisotopic (exact) mass is 401 g/mol. The van der Waals surface area contributed by atoms with Crippen molar-refractivity contribution >= 4 is 21.8 Å². The Labute approximate surface area is 155 Å². The first-order valence-corrected chi connectivity index (χ1v) is 9.25. The van der Waals surface area contributed by atoms with Crippen molar-refractivity contribution < 1.29 is 4.74 Å². The summed E-state index contributed by atoms with van der Waals surface area (Å²) in [7, 11) is 0. The van der Waals surface area contributed by atoms with Gasteiger partial charge in [0, 0.05) is 46.7 Å². The van der Waals surface area contributed by atoms with E-state index in [2.05, 4.69) is 62.6 Å². The highest BCUT2D eigenvalue weighted by atomic mass is 79.9. The number of rotatable bonds is 1. The first-order chi connectivity index (χ1) is 12.2. The Morgan fingerprint density at radius 3 is 3.08 bits per heavy atom. The summed E-state index contributed by atoms with van der Waals surface area (Å²) in [5, 5.41) is 0. The van der Waals surface area contributed by atoms with Crippen LogP contribution in [-0.2, 0) is 10.4 Å². The molecule has 2 fully saturated rings. The fraction of sp³-hybridized carbons (Fsp3) is 0.389. The third kappa shape index (κ3) is 2.34. The molecule has 0 amide bonds. The lowest BCUT2D eigenvalue weighted by atomic mass is 10.0. The lowest BCUT2D eigenvalue weighted by Crippen LogP contribution is -2.56. The van der Waals surface area contributed by atoms with E-state index in [1.807, 2.05) is 22.4 Å². The Bertz CT molecular complexity index is 803. The van der Waals surface area contributed by atoms with E-state index >= 15 is 0 Å². The molecule has 2 atom stereocenters. The number of hydrazine groups is 1. The number of nitrogens with one attached hydrogen (secondary N) is 1. The van der Waals surface area contributed by atoms with Crippen molar-refractivity contribution in [1.29, 1.82) is 0 Å². The average molecular weight is 402 g/mol. The predicted molar refractivity (Wildman–Crippen MR) is 98.6 cm³/mol. The van der Waals surface area contributed by atoms with Gasteiger partial charge in [0.1, 0.15) is 6.23 Å². The maximum atomic E-state index is 6.10. The summed E-state index contributed by atoms with van der Waals surface area (Å²) in [6.07, 6.45) is 1.87. The van der Waals surface area contributed by atoms with Crippen LogP contribution in [0.5, 0.6) is 0 Å². The molecule has 1 aromatic heterocycles. The van der Waals surface area contributed by atoms with Gasteiger partial charge >= 0.3 is 0 Å². The summed E-state index contributed by atoms with van der Waals surface area (Å²) in [5.74, 6) is 0. The number of benzene rings is 1. The van der Waals surface area contributed by atoms with Crippen LogP contribution < -0.4 is 10.3 Å². The van der Waals surface area contributed by atoms with Gasteiger partial charge in [0.05, 0.1) is 19.0 Å². The van der Waals surface area contributed by atoms with Crippen LogP contribution in [0.2, 0.25) is 0 Å². The van der Waals surface area contributed by atoms with Crippen molar-refractivity contribution in [1.82, 2.24) is 19.3 Å². The number of aryl methyl sites for hydroxylation is 1. The molecule has 25 heavy (non-hydrogen) atoms. The van der Waals surface area contributed by atoms with Gasteiger partial charge in [-0.25, -0.2) is 5.43 Å². The quantitative estimate of drug-likeness (QED) is 0.740. The van der Waals surface area contributed by atoms with E-state index in [4.69, 9.17) is 9.72 Å². The topological polar surface area (TPSA) is 43.9 Å². The Morgan fingerprint density at radius 1 is 1.32 bits per heavy atom. The zero-order chi connectivity index (χ0) is 17.0. The lowest BCUT2D eigenvalue weighted by molar-refractivity contribution is 0.0224. The van der Waals surface area contributed by atoms with Crippen LogP contribution in [-0.4, -0.2) is 40.3 Å². The maximum absolute atomic E-state index is 6.10. The van der Waals surface area contributed by atoms with E-state index in [0.29, 0.717) is 6.67 Å². The SMILES string of the molecule is Cc1ccc2c(c1)N1CN(Br)NC1(c1ccccn1)CN1CCOC21. The highest BCUT2D eigenvalue weighted by molar-refractivity contribution is 9.07. The molecule has 7 heteroatoms. The number of aromatic nitrogens is 1. The minimum Gasteiger partial charge on any atom is -0.357 e. The smallest absolute Gasteiger partial charge is 0.162 e. The molecule has 3 aliphatic heterocycles. The molecular weight excluding hydrogens is 382 g/mol. The number of pyridine rings is 1. The molecular formula is C18H20BrN5O. The van der Waals surface area contributed by atoms with E-state index in [9.17, 15) is 0 Å². The van der Waals surface area contributed by atoms with Crippen LogP contribution in [0.25, 0.3) is 0 Å². The number of halogens is 1. The van der Waals surface area contributed by atoms with E-state index < -0.39 is 5.66 Å². The fourth-order valence-corrected chi connectivity index (χ4v) is 4.69. The van der Waals surface area contributed by atoms with Gasteiger partial charge in [-0.1, -0.05) is 18.2 Å². The normalized spacial score (nSPS) is 29.2. The molecule has 2 saturated heterocycles. The zero-order valence-electron chi connectivity index (χ0n) is 14.0. The second kappa shape index (κ2) is 5.75. The van der Waals surface area contributed by atoms with E-state index in [1.165, 1.54) is 16.8 Å². The van der Waals surface area contributed by atoms with Gasteiger partial charge in [-0.2, -0.15) is 4.03 Å². The Kier molecular flexibility index (Phi) is 3.62. The molecule has 0 saturated carbocycles. The van der Waals surface area contributed by atoms with Crippen LogP contribution in [0.15, 0.2) is 42.6 Å². The second-order valence-corrected chi connectivity index (χ2v) is 7.73. The van der Waals surface area contributed by atoms with Crippen LogP contribution in [0.1, 0.15) is 23.0 Å². The van der Waals surface area contributed by atoms with Gasteiger partial charge in [0.25, 0.3) is 0 Å². The number of fused-ring (bicyclic) bond motifs is 5.